The van der Waals surface area contributed by atoms with Crippen molar-refractivity contribution in [2.45, 2.75) is 39.7 Å². The average molecular weight is 287 g/mol. The number of aryl methyl sites for hydroxylation is 1. The number of anilines is 1. The molecule has 1 fully saturated rings. The summed E-state index contributed by atoms with van der Waals surface area (Å²) in [4.78, 5) is 7.02. The highest BCUT2D eigenvalue weighted by molar-refractivity contribution is 5.46. The van der Waals surface area contributed by atoms with Crippen molar-refractivity contribution >= 4 is 11.6 Å². The summed E-state index contributed by atoms with van der Waals surface area (Å²) >= 11 is 0. The molecule has 0 aliphatic carbocycles. The van der Waals surface area contributed by atoms with Crippen LogP contribution in [0.5, 0.6) is 0 Å². The fourth-order valence-corrected chi connectivity index (χ4v) is 2.92. The van der Waals surface area contributed by atoms with Gasteiger partial charge in [0.2, 0.25) is 5.95 Å². The van der Waals surface area contributed by atoms with Crippen molar-refractivity contribution in [3.05, 3.63) is 23.9 Å². The van der Waals surface area contributed by atoms with Crippen molar-refractivity contribution in [3.8, 4) is 0 Å². The van der Waals surface area contributed by atoms with Gasteiger partial charge in [-0.3, -0.25) is 0 Å². The summed E-state index contributed by atoms with van der Waals surface area (Å²) in [5.74, 6) is 1.56. The van der Waals surface area contributed by atoms with E-state index in [1.165, 1.54) is 18.4 Å². The Bertz CT molecular complexity index is 604. The summed E-state index contributed by atoms with van der Waals surface area (Å²) in [7, 11) is 0. The lowest BCUT2D eigenvalue weighted by Crippen LogP contribution is -2.41. The Kier molecular flexibility index (Phi) is 4.10. The molecule has 3 rings (SSSR count). The van der Waals surface area contributed by atoms with Crippen LogP contribution < -0.4 is 10.2 Å². The SMILES string of the molecule is Cc1ccn2nc(N3CCCC(CNC(C)C)C3)nc2c1. The third kappa shape index (κ3) is 3.35. The van der Waals surface area contributed by atoms with Gasteiger partial charge in [-0.2, -0.15) is 4.98 Å². The van der Waals surface area contributed by atoms with E-state index in [9.17, 15) is 0 Å². The molecule has 5 heteroatoms. The third-order valence-corrected chi connectivity index (χ3v) is 4.10. The fraction of sp³-hybridized carbons (Fsp3) is 0.625. The van der Waals surface area contributed by atoms with Crippen LogP contribution in [0.2, 0.25) is 0 Å². The highest BCUT2D eigenvalue weighted by atomic mass is 15.4. The predicted octanol–water partition coefficient (Wildman–Crippen LogP) is 2.25. The molecule has 21 heavy (non-hydrogen) atoms. The zero-order chi connectivity index (χ0) is 14.8. The molecule has 1 unspecified atom stereocenters. The zero-order valence-electron chi connectivity index (χ0n) is 13.2. The van der Waals surface area contributed by atoms with Crippen LogP contribution >= 0.6 is 0 Å². The molecule has 3 heterocycles. The van der Waals surface area contributed by atoms with Crippen LogP contribution in [-0.4, -0.2) is 40.3 Å². The summed E-state index contributed by atoms with van der Waals surface area (Å²) in [5, 5.41) is 8.17. The van der Waals surface area contributed by atoms with E-state index in [1.807, 2.05) is 10.7 Å². The van der Waals surface area contributed by atoms with Gasteiger partial charge in [-0.1, -0.05) is 13.8 Å². The van der Waals surface area contributed by atoms with Gasteiger partial charge >= 0.3 is 0 Å². The van der Waals surface area contributed by atoms with E-state index in [0.717, 1.165) is 31.2 Å². The van der Waals surface area contributed by atoms with Crippen molar-refractivity contribution in [1.82, 2.24) is 19.9 Å². The van der Waals surface area contributed by atoms with Crippen LogP contribution in [0.1, 0.15) is 32.3 Å². The molecule has 114 valence electrons. The molecule has 5 nitrogen and oxygen atoms in total. The zero-order valence-corrected chi connectivity index (χ0v) is 13.2. The Morgan fingerprint density at radius 1 is 1.43 bits per heavy atom. The first-order valence-electron chi connectivity index (χ1n) is 7.93. The van der Waals surface area contributed by atoms with Gasteiger partial charge in [0.1, 0.15) is 0 Å². The summed E-state index contributed by atoms with van der Waals surface area (Å²) < 4.78 is 1.87. The topological polar surface area (TPSA) is 45.5 Å². The lowest BCUT2D eigenvalue weighted by atomic mass is 9.98. The van der Waals surface area contributed by atoms with Gasteiger partial charge in [0.25, 0.3) is 0 Å². The number of rotatable bonds is 4. The quantitative estimate of drug-likeness (QED) is 0.937. The summed E-state index contributed by atoms with van der Waals surface area (Å²) in [6.07, 6.45) is 4.50. The Hall–Kier alpha value is -1.62. The maximum absolute atomic E-state index is 4.68. The van der Waals surface area contributed by atoms with Crippen LogP contribution in [0.3, 0.4) is 0 Å². The lowest BCUT2D eigenvalue weighted by Gasteiger charge is -2.32. The summed E-state index contributed by atoms with van der Waals surface area (Å²) in [6.45, 7) is 9.69. The second-order valence-electron chi connectivity index (χ2n) is 6.44. The first-order chi connectivity index (χ1) is 10.1. The van der Waals surface area contributed by atoms with Gasteiger partial charge in [-0.25, -0.2) is 4.52 Å². The second kappa shape index (κ2) is 6.02. The molecule has 0 amide bonds. The molecule has 1 atom stereocenters. The van der Waals surface area contributed by atoms with Gasteiger partial charge in [0, 0.05) is 25.3 Å². The number of nitrogens with zero attached hydrogens (tertiary/aromatic N) is 4. The monoisotopic (exact) mass is 287 g/mol. The molecular formula is C16H25N5. The maximum atomic E-state index is 4.68. The minimum atomic E-state index is 0.552. The first kappa shape index (κ1) is 14.3. The standard InChI is InChI=1S/C16H25N5/c1-12(2)17-10-14-5-4-7-20(11-14)16-18-15-9-13(3)6-8-21(15)19-16/h6,8-9,12,14,17H,4-5,7,10-11H2,1-3H3. The van der Waals surface area contributed by atoms with Crippen molar-refractivity contribution in [2.75, 3.05) is 24.5 Å². The molecule has 0 aromatic carbocycles. The average Bonchev–Trinajstić information content (AvgIpc) is 2.88. The van der Waals surface area contributed by atoms with Crippen molar-refractivity contribution in [1.29, 1.82) is 0 Å². The molecule has 0 bridgehead atoms. The van der Waals surface area contributed by atoms with E-state index >= 15 is 0 Å². The van der Waals surface area contributed by atoms with Crippen LogP contribution in [0.15, 0.2) is 18.3 Å². The van der Waals surface area contributed by atoms with Crippen LogP contribution in [0.25, 0.3) is 5.65 Å². The van der Waals surface area contributed by atoms with Gasteiger partial charge in [0.15, 0.2) is 5.65 Å². The molecule has 1 aliphatic rings. The summed E-state index contributed by atoms with van der Waals surface area (Å²) in [5.41, 5.74) is 2.16. The molecule has 0 radical (unpaired) electrons. The van der Waals surface area contributed by atoms with Gasteiger partial charge in [0.05, 0.1) is 0 Å². The van der Waals surface area contributed by atoms with Gasteiger partial charge in [-0.15, -0.1) is 5.10 Å². The first-order valence-corrected chi connectivity index (χ1v) is 7.93. The maximum Gasteiger partial charge on any atom is 0.245 e. The normalized spacial score (nSPS) is 19.6. The fourth-order valence-electron chi connectivity index (χ4n) is 2.92. The van der Waals surface area contributed by atoms with E-state index in [1.54, 1.807) is 0 Å². The van der Waals surface area contributed by atoms with E-state index in [-0.39, 0.29) is 0 Å². The van der Waals surface area contributed by atoms with Gasteiger partial charge in [-0.05, 0) is 49.9 Å². The Morgan fingerprint density at radius 2 is 2.29 bits per heavy atom. The number of nitrogens with one attached hydrogen (secondary N) is 1. The molecule has 2 aromatic heterocycles. The molecule has 0 saturated carbocycles. The minimum Gasteiger partial charge on any atom is -0.339 e. The van der Waals surface area contributed by atoms with E-state index in [2.05, 4.69) is 53.2 Å². The largest absolute Gasteiger partial charge is 0.339 e. The molecular weight excluding hydrogens is 262 g/mol. The molecule has 1 saturated heterocycles. The van der Waals surface area contributed by atoms with E-state index in [0.29, 0.717) is 12.0 Å². The van der Waals surface area contributed by atoms with Crippen molar-refractivity contribution < 1.29 is 0 Å². The minimum absolute atomic E-state index is 0.552. The van der Waals surface area contributed by atoms with E-state index in [4.69, 9.17) is 0 Å². The molecule has 0 spiro atoms. The molecule has 1 aliphatic heterocycles. The second-order valence-corrected chi connectivity index (χ2v) is 6.44. The molecule has 2 aromatic rings. The smallest absolute Gasteiger partial charge is 0.245 e. The third-order valence-electron chi connectivity index (χ3n) is 4.10. The Morgan fingerprint density at radius 3 is 3.10 bits per heavy atom. The Labute approximate surface area is 126 Å². The number of hydrogen-bond donors (Lipinski definition) is 1. The number of piperidine rings is 1. The summed E-state index contributed by atoms with van der Waals surface area (Å²) in [6, 6.07) is 4.70. The predicted molar refractivity (Wildman–Crippen MR) is 85.8 cm³/mol. The van der Waals surface area contributed by atoms with Crippen LogP contribution in [-0.2, 0) is 0 Å². The van der Waals surface area contributed by atoms with Crippen LogP contribution in [0.4, 0.5) is 5.95 Å². The Balaban J connectivity index is 1.72. The van der Waals surface area contributed by atoms with Crippen molar-refractivity contribution in [3.63, 3.8) is 0 Å². The molecule has 1 N–H and O–H groups in total. The number of hydrogen-bond acceptors (Lipinski definition) is 4. The number of fused-ring (bicyclic) bond motifs is 1. The van der Waals surface area contributed by atoms with Gasteiger partial charge < -0.3 is 10.2 Å². The number of aromatic nitrogens is 3. The van der Waals surface area contributed by atoms with Crippen molar-refractivity contribution in [2.24, 2.45) is 5.92 Å². The number of pyridine rings is 1. The van der Waals surface area contributed by atoms with Crippen LogP contribution in [0, 0.1) is 12.8 Å². The van der Waals surface area contributed by atoms with E-state index < -0.39 is 0 Å². The highest BCUT2D eigenvalue weighted by Gasteiger charge is 2.22. The lowest BCUT2D eigenvalue weighted by molar-refractivity contribution is 0.377. The highest BCUT2D eigenvalue weighted by Crippen LogP contribution is 2.21.